The lowest BCUT2D eigenvalue weighted by Gasteiger charge is -2.27. The summed E-state index contributed by atoms with van der Waals surface area (Å²) in [5.41, 5.74) is 0.795. The fourth-order valence-electron chi connectivity index (χ4n) is 2.78. The van der Waals surface area contributed by atoms with Gasteiger partial charge < -0.3 is 20.1 Å². The molecular weight excluding hydrogens is 399 g/mol. The Hall–Kier alpha value is -1.71. The molecule has 2 rings (SSSR count). The molecule has 2 N–H and O–H groups in total. The molecule has 1 aliphatic rings. The first-order valence-corrected chi connectivity index (χ1v) is 8.93. The highest BCUT2D eigenvalue weighted by Gasteiger charge is 2.29. The van der Waals surface area contributed by atoms with Gasteiger partial charge in [0.2, 0.25) is 5.91 Å². The zero-order valence-electron chi connectivity index (χ0n) is 15.8. The Kier molecular flexibility index (Phi) is 10.4. The van der Waals surface area contributed by atoms with E-state index in [1.165, 1.54) is 13.2 Å². The molecule has 1 saturated heterocycles. The Bertz CT molecular complexity index is 611. The molecule has 0 saturated carbocycles. The lowest BCUT2D eigenvalue weighted by Crippen LogP contribution is -2.46. The van der Waals surface area contributed by atoms with Crippen LogP contribution < -0.4 is 20.1 Å². The first-order chi connectivity index (χ1) is 12.9. The van der Waals surface area contributed by atoms with Gasteiger partial charge in [-0.3, -0.25) is 9.69 Å². The number of hydrogen-bond donors (Lipinski definition) is 2. The zero-order chi connectivity index (χ0) is 19.7. The predicted octanol–water partition coefficient (Wildman–Crippen LogP) is 2.01. The van der Waals surface area contributed by atoms with Gasteiger partial charge in [0.25, 0.3) is 0 Å². The van der Waals surface area contributed by atoms with Crippen LogP contribution in [0.15, 0.2) is 18.2 Å². The van der Waals surface area contributed by atoms with Crippen molar-refractivity contribution in [2.45, 2.75) is 19.0 Å². The molecule has 1 amide bonds. The van der Waals surface area contributed by atoms with Crippen molar-refractivity contribution in [3.8, 4) is 11.5 Å². The van der Waals surface area contributed by atoms with Crippen LogP contribution in [0.1, 0.15) is 12.0 Å². The van der Waals surface area contributed by atoms with E-state index in [0.29, 0.717) is 19.4 Å². The Morgan fingerprint density at radius 2 is 1.96 bits per heavy atom. The molecule has 0 spiro atoms. The number of carbonyl (C=O) groups excluding carboxylic acids is 1. The highest BCUT2D eigenvalue weighted by Crippen LogP contribution is 2.30. The first kappa shape index (κ1) is 24.3. The minimum atomic E-state index is -4.41. The van der Waals surface area contributed by atoms with Gasteiger partial charge in [-0.25, -0.2) is 0 Å². The number of hydrogen-bond acceptors (Lipinski definition) is 5. The van der Waals surface area contributed by atoms with Gasteiger partial charge in [-0.15, -0.1) is 12.4 Å². The summed E-state index contributed by atoms with van der Waals surface area (Å²) in [5.74, 6) is 0.191. The molecule has 0 unspecified atom stereocenters. The van der Waals surface area contributed by atoms with Crippen molar-refractivity contribution in [3.63, 3.8) is 0 Å². The van der Waals surface area contributed by atoms with E-state index in [-0.39, 0.29) is 29.8 Å². The number of benzene rings is 1. The van der Waals surface area contributed by atoms with Crippen molar-refractivity contribution in [3.05, 3.63) is 23.8 Å². The highest BCUT2D eigenvalue weighted by molar-refractivity contribution is 5.85. The maximum absolute atomic E-state index is 12.3. The molecule has 28 heavy (non-hydrogen) atoms. The van der Waals surface area contributed by atoms with Crippen LogP contribution in [0.4, 0.5) is 13.2 Å². The molecule has 10 heteroatoms. The average Bonchev–Trinajstić information content (AvgIpc) is 2.65. The monoisotopic (exact) mass is 425 g/mol. The van der Waals surface area contributed by atoms with Crippen molar-refractivity contribution < 1.29 is 27.4 Å². The van der Waals surface area contributed by atoms with Crippen molar-refractivity contribution >= 4 is 18.3 Å². The average molecular weight is 426 g/mol. The van der Waals surface area contributed by atoms with E-state index in [0.717, 1.165) is 38.3 Å². The van der Waals surface area contributed by atoms with Crippen molar-refractivity contribution in [1.29, 1.82) is 0 Å². The zero-order valence-corrected chi connectivity index (χ0v) is 16.6. The summed E-state index contributed by atoms with van der Waals surface area (Å²) in [6.07, 6.45) is -3.64. The molecule has 0 bridgehead atoms. The van der Waals surface area contributed by atoms with E-state index < -0.39 is 12.8 Å². The first-order valence-electron chi connectivity index (χ1n) is 8.93. The van der Waals surface area contributed by atoms with Crippen LogP contribution in [0.2, 0.25) is 0 Å². The van der Waals surface area contributed by atoms with Gasteiger partial charge in [0.05, 0.1) is 7.11 Å². The van der Waals surface area contributed by atoms with Gasteiger partial charge in [0.15, 0.2) is 18.1 Å². The summed E-state index contributed by atoms with van der Waals surface area (Å²) >= 11 is 0. The number of ether oxygens (including phenoxy) is 2. The van der Waals surface area contributed by atoms with E-state index in [9.17, 15) is 18.0 Å². The van der Waals surface area contributed by atoms with Crippen LogP contribution in [0, 0.1) is 0 Å². The molecule has 0 atom stereocenters. The third-order valence-electron chi connectivity index (χ3n) is 4.22. The maximum Gasteiger partial charge on any atom is 0.422 e. The molecule has 160 valence electrons. The summed E-state index contributed by atoms with van der Waals surface area (Å²) in [7, 11) is 1.36. The van der Waals surface area contributed by atoms with Crippen LogP contribution in [0.25, 0.3) is 0 Å². The summed E-state index contributed by atoms with van der Waals surface area (Å²) in [6, 6.07) is 4.67. The molecule has 6 nitrogen and oxygen atoms in total. The second kappa shape index (κ2) is 12.0. The maximum atomic E-state index is 12.3. The summed E-state index contributed by atoms with van der Waals surface area (Å²) < 4.78 is 46.6. The molecular formula is C18H27ClF3N3O3. The van der Waals surface area contributed by atoms with Crippen LogP contribution in [-0.4, -0.2) is 70.0 Å². The molecule has 1 fully saturated rings. The van der Waals surface area contributed by atoms with Gasteiger partial charge in [0.1, 0.15) is 0 Å². The number of rotatable bonds is 9. The Labute approximate surface area is 169 Å². The van der Waals surface area contributed by atoms with E-state index in [2.05, 4.69) is 15.5 Å². The van der Waals surface area contributed by atoms with Gasteiger partial charge in [0, 0.05) is 45.7 Å². The van der Waals surface area contributed by atoms with Crippen molar-refractivity contribution in [2.75, 3.05) is 53.0 Å². The Balaban J connectivity index is 0.00000392. The second-order valence-corrected chi connectivity index (χ2v) is 6.33. The number of carbonyl (C=O) groups is 1. The molecule has 1 aromatic carbocycles. The van der Waals surface area contributed by atoms with Crippen molar-refractivity contribution in [1.82, 2.24) is 15.5 Å². The van der Waals surface area contributed by atoms with Gasteiger partial charge in [-0.05, 0) is 24.1 Å². The fraction of sp³-hybridized carbons (Fsp3) is 0.611. The van der Waals surface area contributed by atoms with E-state index in [4.69, 9.17) is 9.47 Å². The van der Waals surface area contributed by atoms with Gasteiger partial charge in [-0.2, -0.15) is 13.2 Å². The van der Waals surface area contributed by atoms with Gasteiger partial charge >= 0.3 is 6.18 Å². The molecule has 1 aromatic rings. The molecule has 1 heterocycles. The lowest BCUT2D eigenvalue weighted by atomic mass is 10.1. The number of nitrogens with one attached hydrogen (secondary N) is 2. The second-order valence-electron chi connectivity index (χ2n) is 6.33. The van der Waals surface area contributed by atoms with Gasteiger partial charge in [-0.1, -0.05) is 6.07 Å². The largest absolute Gasteiger partial charge is 0.493 e. The molecule has 1 aliphatic heterocycles. The number of piperazine rings is 1. The smallest absolute Gasteiger partial charge is 0.422 e. The van der Waals surface area contributed by atoms with E-state index in [1.54, 1.807) is 12.1 Å². The minimum Gasteiger partial charge on any atom is -0.493 e. The number of methoxy groups -OCH3 is 1. The Morgan fingerprint density at radius 1 is 1.25 bits per heavy atom. The summed E-state index contributed by atoms with van der Waals surface area (Å²) in [6.45, 7) is 3.96. The number of aryl methyl sites for hydroxylation is 1. The van der Waals surface area contributed by atoms with Crippen LogP contribution in [0.3, 0.4) is 0 Å². The SMILES string of the molecule is COc1cc(CCC(=O)NCCN2CCNCC2)ccc1OCC(F)(F)F.Cl. The molecule has 0 aromatic heterocycles. The predicted molar refractivity (Wildman–Crippen MR) is 102 cm³/mol. The summed E-state index contributed by atoms with van der Waals surface area (Å²) in [4.78, 5) is 14.3. The van der Waals surface area contributed by atoms with E-state index >= 15 is 0 Å². The van der Waals surface area contributed by atoms with E-state index in [1.807, 2.05) is 0 Å². The molecule has 0 aliphatic carbocycles. The summed E-state index contributed by atoms with van der Waals surface area (Å²) in [5, 5.41) is 6.17. The lowest BCUT2D eigenvalue weighted by molar-refractivity contribution is -0.153. The highest BCUT2D eigenvalue weighted by atomic mass is 35.5. The fourth-order valence-corrected chi connectivity index (χ4v) is 2.78. The molecule has 0 radical (unpaired) electrons. The number of alkyl halides is 3. The third-order valence-corrected chi connectivity index (χ3v) is 4.22. The quantitative estimate of drug-likeness (QED) is 0.633. The third kappa shape index (κ3) is 8.99. The van der Waals surface area contributed by atoms with Crippen LogP contribution in [-0.2, 0) is 11.2 Å². The topological polar surface area (TPSA) is 62.8 Å². The Morgan fingerprint density at radius 3 is 2.61 bits per heavy atom. The van der Waals surface area contributed by atoms with Crippen molar-refractivity contribution in [2.24, 2.45) is 0 Å². The number of halogens is 4. The van der Waals surface area contributed by atoms with Crippen LogP contribution in [0.5, 0.6) is 11.5 Å². The minimum absolute atomic E-state index is 0. The number of amides is 1. The van der Waals surface area contributed by atoms with Crippen LogP contribution >= 0.6 is 12.4 Å². The normalized spacial score (nSPS) is 14.9. The standard InChI is InChI=1S/C18H26F3N3O3.ClH/c1-26-16-12-14(2-4-15(16)27-13-18(19,20)21)3-5-17(25)23-8-11-24-9-6-22-7-10-24;/h2,4,12,22H,3,5-11,13H2,1H3,(H,23,25);1H. The number of nitrogens with zero attached hydrogens (tertiary/aromatic N) is 1.